The maximum Gasteiger partial charge on any atom is 0.306 e. The van der Waals surface area contributed by atoms with Gasteiger partial charge in [-0.2, -0.15) is 4.98 Å². The second-order valence-corrected chi connectivity index (χ2v) is 9.99. The van der Waals surface area contributed by atoms with E-state index in [2.05, 4.69) is 33.0 Å². The first-order valence-corrected chi connectivity index (χ1v) is 9.93. The molecule has 5 nitrogen and oxygen atoms in total. The lowest BCUT2D eigenvalue weighted by Gasteiger charge is -2.60. The molecule has 0 aromatic carbocycles. The highest BCUT2D eigenvalue weighted by atomic mass is 79.9. The van der Waals surface area contributed by atoms with Crippen molar-refractivity contribution in [1.82, 2.24) is 10.1 Å². The molecule has 2 atom stereocenters. The van der Waals surface area contributed by atoms with E-state index in [1.165, 1.54) is 32.1 Å². The quantitative estimate of drug-likeness (QED) is 0.532. The molecule has 1 heterocycles. The Kier molecular flexibility index (Phi) is 4.22. The summed E-state index contributed by atoms with van der Waals surface area (Å²) in [5.41, 5.74) is 0.146. The van der Waals surface area contributed by atoms with Crippen LogP contribution in [0.2, 0.25) is 0 Å². The van der Waals surface area contributed by atoms with Crippen LogP contribution in [0, 0.1) is 17.3 Å². The summed E-state index contributed by atoms with van der Waals surface area (Å²) in [5, 5.41) is 3.89. The Morgan fingerprint density at radius 1 is 1.33 bits per heavy atom. The van der Waals surface area contributed by atoms with Crippen LogP contribution in [0.15, 0.2) is 4.52 Å². The molecule has 0 saturated heterocycles. The van der Waals surface area contributed by atoms with E-state index in [1.54, 1.807) is 0 Å². The van der Waals surface area contributed by atoms with Gasteiger partial charge in [0.05, 0.1) is 6.42 Å². The fourth-order valence-electron chi connectivity index (χ4n) is 5.72. The number of aromatic nitrogens is 2. The van der Waals surface area contributed by atoms with Crippen LogP contribution < -0.4 is 0 Å². The summed E-state index contributed by atoms with van der Waals surface area (Å²) in [6, 6.07) is 0. The first kappa shape index (κ1) is 16.6. The van der Waals surface area contributed by atoms with E-state index in [9.17, 15) is 4.79 Å². The first-order valence-electron chi connectivity index (χ1n) is 9.14. The van der Waals surface area contributed by atoms with E-state index in [0.29, 0.717) is 18.1 Å². The molecule has 0 aliphatic heterocycles. The fourth-order valence-corrected chi connectivity index (χ4v) is 7.23. The SMILES string of the molecule is CCCc1noc(COC(=O)CC23CC4CC(CC(Br)(C4)C2)C3)n1. The number of alkyl halides is 1. The summed E-state index contributed by atoms with van der Waals surface area (Å²) >= 11 is 3.99. The van der Waals surface area contributed by atoms with Crippen molar-refractivity contribution in [2.24, 2.45) is 17.3 Å². The van der Waals surface area contributed by atoms with Gasteiger partial charge in [-0.3, -0.25) is 4.79 Å². The molecule has 132 valence electrons. The molecule has 4 saturated carbocycles. The van der Waals surface area contributed by atoms with E-state index in [0.717, 1.165) is 31.1 Å². The first-order chi connectivity index (χ1) is 11.5. The van der Waals surface area contributed by atoms with E-state index in [4.69, 9.17) is 9.26 Å². The molecule has 0 amide bonds. The van der Waals surface area contributed by atoms with Gasteiger partial charge < -0.3 is 9.26 Å². The fraction of sp³-hybridized carbons (Fsp3) is 0.833. The molecule has 6 heteroatoms. The number of hydrogen-bond acceptors (Lipinski definition) is 5. The number of nitrogens with zero attached hydrogens (tertiary/aromatic N) is 2. The predicted octanol–water partition coefficient (Wildman–Crippen LogP) is 4.19. The lowest BCUT2D eigenvalue weighted by atomic mass is 9.49. The van der Waals surface area contributed by atoms with Gasteiger partial charge in [-0.05, 0) is 62.2 Å². The average Bonchev–Trinajstić information content (AvgIpc) is 2.90. The Morgan fingerprint density at radius 2 is 2.08 bits per heavy atom. The Balaban J connectivity index is 1.34. The summed E-state index contributed by atoms with van der Waals surface area (Å²) in [7, 11) is 0. The van der Waals surface area contributed by atoms with Gasteiger partial charge in [0.2, 0.25) is 0 Å². The van der Waals surface area contributed by atoms with Crippen LogP contribution in [0.4, 0.5) is 0 Å². The van der Waals surface area contributed by atoms with E-state index in [-0.39, 0.29) is 22.3 Å². The van der Waals surface area contributed by atoms with Crippen LogP contribution in [0.1, 0.15) is 70.0 Å². The molecule has 0 N–H and O–H groups in total. The lowest BCUT2D eigenvalue weighted by molar-refractivity contribution is -0.153. The molecule has 5 rings (SSSR count). The van der Waals surface area contributed by atoms with Crippen molar-refractivity contribution >= 4 is 21.9 Å². The maximum absolute atomic E-state index is 12.4. The number of ether oxygens (including phenoxy) is 1. The van der Waals surface area contributed by atoms with Crippen molar-refractivity contribution in [3.8, 4) is 0 Å². The van der Waals surface area contributed by atoms with Gasteiger partial charge in [0.25, 0.3) is 5.89 Å². The average molecular weight is 397 g/mol. The van der Waals surface area contributed by atoms with Gasteiger partial charge in [0.15, 0.2) is 12.4 Å². The number of carbonyl (C=O) groups excluding carboxylic acids is 1. The topological polar surface area (TPSA) is 65.2 Å². The highest BCUT2D eigenvalue weighted by molar-refractivity contribution is 9.10. The number of hydrogen-bond donors (Lipinski definition) is 0. The van der Waals surface area contributed by atoms with Crippen molar-refractivity contribution in [2.75, 3.05) is 0 Å². The zero-order valence-electron chi connectivity index (χ0n) is 14.2. The highest BCUT2D eigenvalue weighted by Crippen LogP contribution is 2.65. The highest BCUT2D eigenvalue weighted by Gasteiger charge is 2.57. The minimum absolute atomic E-state index is 0.0952. The van der Waals surface area contributed by atoms with E-state index in [1.807, 2.05) is 0 Å². The minimum Gasteiger partial charge on any atom is -0.456 e. The van der Waals surface area contributed by atoms with E-state index >= 15 is 0 Å². The molecular weight excluding hydrogens is 372 g/mol. The molecule has 2 unspecified atom stereocenters. The third-order valence-corrected chi connectivity index (χ3v) is 6.90. The van der Waals surface area contributed by atoms with Gasteiger partial charge in [0.1, 0.15) is 0 Å². The summed E-state index contributed by atoms with van der Waals surface area (Å²) in [6.45, 7) is 2.16. The number of aryl methyl sites for hydroxylation is 1. The molecule has 4 aliphatic carbocycles. The van der Waals surface area contributed by atoms with Crippen LogP contribution in [0.25, 0.3) is 0 Å². The maximum atomic E-state index is 12.4. The van der Waals surface area contributed by atoms with Crippen LogP contribution in [0.3, 0.4) is 0 Å². The van der Waals surface area contributed by atoms with E-state index < -0.39 is 0 Å². The number of carbonyl (C=O) groups is 1. The van der Waals surface area contributed by atoms with Crippen LogP contribution in [-0.2, 0) is 22.6 Å². The number of rotatable bonds is 6. The Morgan fingerprint density at radius 3 is 2.75 bits per heavy atom. The summed E-state index contributed by atoms with van der Waals surface area (Å²) in [4.78, 5) is 16.7. The molecule has 0 spiro atoms. The molecular formula is C18H25BrN2O3. The molecule has 4 aliphatic rings. The molecule has 4 bridgehead atoms. The number of esters is 1. The Bertz CT molecular complexity index is 616. The third kappa shape index (κ3) is 3.26. The van der Waals surface area contributed by atoms with Crippen molar-refractivity contribution in [3.05, 3.63) is 11.7 Å². The van der Waals surface area contributed by atoms with Gasteiger partial charge in [-0.1, -0.05) is 28.0 Å². The van der Waals surface area contributed by atoms with Crippen molar-refractivity contribution in [1.29, 1.82) is 0 Å². The van der Waals surface area contributed by atoms with Crippen LogP contribution >= 0.6 is 15.9 Å². The molecule has 24 heavy (non-hydrogen) atoms. The standard InChI is InChI=1S/C18H25BrN2O3/c1-2-3-14-20-15(24-21-14)10-23-16(22)9-17-5-12-4-13(6-17)8-18(19,7-12)11-17/h12-13H,2-11H2,1H3. The second-order valence-electron chi connectivity index (χ2n) is 8.30. The van der Waals surface area contributed by atoms with Crippen molar-refractivity contribution < 1.29 is 14.1 Å². The second kappa shape index (κ2) is 6.11. The van der Waals surface area contributed by atoms with Crippen molar-refractivity contribution in [3.63, 3.8) is 0 Å². The normalized spacial score (nSPS) is 36.9. The molecule has 0 radical (unpaired) electrons. The number of halogens is 1. The smallest absolute Gasteiger partial charge is 0.306 e. The summed E-state index contributed by atoms with van der Waals surface area (Å²) < 4.78 is 10.8. The third-order valence-electron chi connectivity index (χ3n) is 5.97. The monoisotopic (exact) mass is 396 g/mol. The molecule has 1 aromatic rings. The zero-order chi connectivity index (χ0) is 16.8. The van der Waals surface area contributed by atoms with Crippen molar-refractivity contribution in [2.45, 2.75) is 75.6 Å². The van der Waals surface area contributed by atoms with Gasteiger partial charge in [-0.15, -0.1) is 0 Å². The summed E-state index contributed by atoms with van der Waals surface area (Å²) in [5.74, 6) is 2.53. The zero-order valence-corrected chi connectivity index (χ0v) is 15.8. The molecule has 4 fully saturated rings. The van der Waals surface area contributed by atoms with Gasteiger partial charge in [0, 0.05) is 10.7 Å². The largest absolute Gasteiger partial charge is 0.456 e. The van der Waals surface area contributed by atoms with Gasteiger partial charge >= 0.3 is 5.97 Å². The van der Waals surface area contributed by atoms with Gasteiger partial charge in [-0.25, -0.2) is 0 Å². The predicted molar refractivity (Wildman–Crippen MR) is 91.5 cm³/mol. The minimum atomic E-state index is -0.122. The Hall–Kier alpha value is -0.910. The van der Waals surface area contributed by atoms with Crippen LogP contribution in [0.5, 0.6) is 0 Å². The Labute approximate surface area is 151 Å². The summed E-state index contributed by atoms with van der Waals surface area (Å²) in [6.07, 6.45) is 9.69. The molecule has 1 aromatic heterocycles. The van der Waals surface area contributed by atoms with Crippen LogP contribution in [-0.4, -0.2) is 20.4 Å². The lowest BCUT2D eigenvalue weighted by Crippen LogP contribution is -2.53.